The molecule has 1 atom stereocenters. The summed E-state index contributed by atoms with van der Waals surface area (Å²) in [6.45, 7) is 3.67. The lowest BCUT2D eigenvalue weighted by Crippen LogP contribution is -2.39. The summed E-state index contributed by atoms with van der Waals surface area (Å²) in [4.78, 5) is 24.2. The number of benzene rings is 1. The van der Waals surface area contributed by atoms with Gasteiger partial charge in [-0.25, -0.2) is 0 Å². The molecule has 7 heteroatoms. The normalized spacial score (nSPS) is 15.9. The summed E-state index contributed by atoms with van der Waals surface area (Å²) in [5.41, 5.74) is 0.371. The predicted octanol–water partition coefficient (Wildman–Crippen LogP) is 2.34. The highest BCUT2D eigenvalue weighted by Gasteiger charge is 2.30. The van der Waals surface area contributed by atoms with E-state index in [1.54, 1.807) is 25.3 Å². The fourth-order valence-electron chi connectivity index (χ4n) is 3.02. The molecule has 26 heavy (non-hydrogen) atoms. The van der Waals surface area contributed by atoms with Gasteiger partial charge in [0.1, 0.15) is 11.5 Å². The zero-order valence-electron chi connectivity index (χ0n) is 15.3. The first kappa shape index (κ1) is 20.0. The third-order valence-corrected chi connectivity index (χ3v) is 4.53. The Balaban J connectivity index is 2.06. The van der Waals surface area contributed by atoms with E-state index in [1.807, 2.05) is 6.92 Å². The number of nitrogens with one attached hydrogen (secondary N) is 1. The molecule has 2 N–H and O–H groups in total. The lowest BCUT2D eigenvalue weighted by atomic mass is 9.86. The van der Waals surface area contributed by atoms with Gasteiger partial charge in [-0.3, -0.25) is 9.59 Å². The van der Waals surface area contributed by atoms with Gasteiger partial charge in [0, 0.05) is 25.8 Å². The van der Waals surface area contributed by atoms with Crippen LogP contribution in [0, 0.1) is 11.8 Å². The predicted molar refractivity (Wildman–Crippen MR) is 95.8 cm³/mol. The zero-order chi connectivity index (χ0) is 18.9. The second-order valence-corrected chi connectivity index (χ2v) is 6.32. The molecule has 1 aliphatic rings. The van der Waals surface area contributed by atoms with Gasteiger partial charge in [-0.1, -0.05) is 6.92 Å². The molecule has 1 heterocycles. The van der Waals surface area contributed by atoms with Crippen LogP contribution < -0.4 is 14.8 Å². The topological polar surface area (TPSA) is 94.1 Å². The molecule has 0 aromatic heterocycles. The van der Waals surface area contributed by atoms with Crippen LogP contribution in [0.15, 0.2) is 18.2 Å². The monoisotopic (exact) mass is 365 g/mol. The molecule has 1 saturated heterocycles. The number of aliphatic carboxylic acids is 1. The van der Waals surface area contributed by atoms with Crippen molar-refractivity contribution in [3.63, 3.8) is 0 Å². The summed E-state index contributed by atoms with van der Waals surface area (Å²) in [6.07, 6.45) is 2.20. The van der Waals surface area contributed by atoms with Crippen molar-refractivity contribution >= 4 is 11.9 Å². The van der Waals surface area contributed by atoms with Gasteiger partial charge in [0.15, 0.2) is 0 Å². The Labute approximate surface area is 153 Å². The van der Waals surface area contributed by atoms with Crippen molar-refractivity contribution in [2.45, 2.75) is 26.2 Å². The minimum absolute atomic E-state index is 0.00762. The lowest BCUT2D eigenvalue weighted by Gasteiger charge is -2.27. The summed E-state index contributed by atoms with van der Waals surface area (Å²) in [6, 6.07) is 4.97. The van der Waals surface area contributed by atoms with Crippen LogP contribution in [0.1, 0.15) is 36.5 Å². The van der Waals surface area contributed by atoms with E-state index in [0.29, 0.717) is 49.7 Å². The number of ether oxygens (including phenoxy) is 3. The van der Waals surface area contributed by atoms with Gasteiger partial charge in [0.2, 0.25) is 0 Å². The van der Waals surface area contributed by atoms with E-state index < -0.39 is 11.9 Å². The van der Waals surface area contributed by atoms with Crippen LogP contribution in [0.5, 0.6) is 11.5 Å². The number of carbonyl (C=O) groups is 2. The Morgan fingerprint density at radius 1 is 1.35 bits per heavy atom. The maximum Gasteiger partial charge on any atom is 0.308 e. The van der Waals surface area contributed by atoms with E-state index in [2.05, 4.69) is 5.32 Å². The molecule has 0 aliphatic carbocycles. The van der Waals surface area contributed by atoms with E-state index in [-0.39, 0.29) is 18.4 Å². The molecule has 1 aliphatic heterocycles. The van der Waals surface area contributed by atoms with Crippen molar-refractivity contribution < 1.29 is 28.9 Å². The second kappa shape index (κ2) is 10.0. The van der Waals surface area contributed by atoms with Crippen molar-refractivity contribution in [1.82, 2.24) is 5.32 Å². The number of carboxylic acid groups (broad SMARTS) is 1. The molecule has 144 valence electrons. The van der Waals surface area contributed by atoms with Crippen LogP contribution in [0.2, 0.25) is 0 Å². The molecular formula is C19H27NO6. The highest BCUT2D eigenvalue weighted by Crippen LogP contribution is 2.26. The number of rotatable bonds is 9. The molecule has 0 saturated carbocycles. The van der Waals surface area contributed by atoms with Crippen LogP contribution in [0.4, 0.5) is 0 Å². The van der Waals surface area contributed by atoms with Crippen LogP contribution in [-0.2, 0) is 9.53 Å². The van der Waals surface area contributed by atoms with Gasteiger partial charge < -0.3 is 24.6 Å². The second-order valence-electron chi connectivity index (χ2n) is 6.32. The maximum atomic E-state index is 12.6. The van der Waals surface area contributed by atoms with Crippen LogP contribution >= 0.6 is 0 Å². The molecule has 1 aromatic carbocycles. The van der Waals surface area contributed by atoms with E-state index in [1.165, 1.54) is 0 Å². The Kier molecular flexibility index (Phi) is 7.72. The smallest absolute Gasteiger partial charge is 0.308 e. The number of carbonyl (C=O) groups excluding carboxylic acids is 1. The Hall–Kier alpha value is -2.28. The third kappa shape index (κ3) is 5.36. The molecule has 1 amide bonds. The van der Waals surface area contributed by atoms with Gasteiger partial charge in [0.25, 0.3) is 5.91 Å². The molecule has 2 rings (SSSR count). The van der Waals surface area contributed by atoms with Crippen molar-refractivity contribution in [3.05, 3.63) is 23.8 Å². The molecule has 0 radical (unpaired) electrons. The summed E-state index contributed by atoms with van der Waals surface area (Å²) in [5, 5.41) is 12.3. The minimum Gasteiger partial charge on any atom is -0.497 e. The summed E-state index contributed by atoms with van der Waals surface area (Å²) in [7, 11) is 1.55. The molecular weight excluding hydrogens is 338 g/mol. The number of hydrogen-bond donors (Lipinski definition) is 2. The quantitative estimate of drug-likeness (QED) is 0.698. The average Bonchev–Trinajstić information content (AvgIpc) is 2.66. The fourth-order valence-corrected chi connectivity index (χ4v) is 3.02. The first-order valence-corrected chi connectivity index (χ1v) is 8.96. The van der Waals surface area contributed by atoms with E-state index in [0.717, 1.165) is 6.42 Å². The first-order valence-electron chi connectivity index (χ1n) is 8.96. The molecule has 1 fully saturated rings. The highest BCUT2D eigenvalue weighted by molar-refractivity contribution is 5.97. The van der Waals surface area contributed by atoms with Gasteiger partial charge >= 0.3 is 5.97 Å². The molecule has 0 spiro atoms. The SMILES string of the molecule is CCCOc1cc(OC)ccc1C(=O)NCC(C(=O)O)C1CCOCC1. The summed E-state index contributed by atoms with van der Waals surface area (Å²) < 4.78 is 16.1. The highest BCUT2D eigenvalue weighted by atomic mass is 16.5. The van der Waals surface area contributed by atoms with E-state index >= 15 is 0 Å². The largest absolute Gasteiger partial charge is 0.497 e. The van der Waals surface area contributed by atoms with E-state index in [4.69, 9.17) is 14.2 Å². The van der Waals surface area contributed by atoms with Gasteiger partial charge in [-0.2, -0.15) is 0 Å². The first-order chi connectivity index (χ1) is 12.6. The Bertz CT molecular complexity index is 612. The zero-order valence-corrected chi connectivity index (χ0v) is 15.3. The Morgan fingerprint density at radius 3 is 2.69 bits per heavy atom. The Morgan fingerprint density at radius 2 is 2.08 bits per heavy atom. The summed E-state index contributed by atoms with van der Waals surface area (Å²) >= 11 is 0. The molecule has 1 unspecified atom stereocenters. The van der Waals surface area contributed by atoms with Gasteiger partial charge in [-0.15, -0.1) is 0 Å². The fraction of sp³-hybridized carbons (Fsp3) is 0.579. The minimum atomic E-state index is -0.894. The standard InChI is InChI=1S/C19H27NO6/c1-3-8-26-17-11-14(24-2)4-5-15(17)18(21)20-12-16(19(22)23)13-6-9-25-10-7-13/h4-5,11,13,16H,3,6-10,12H2,1-2H3,(H,20,21)(H,22,23). The van der Waals surface area contributed by atoms with Crippen LogP contribution in [0.3, 0.4) is 0 Å². The lowest BCUT2D eigenvalue weighted by molar-refractivity contribution is -0.144. The number of methoxy groups -OCH3 is 1. The van der Waals surface area contributed by atoms with Crippen molar-refractivity contribution in [2.75, 3.05) is 33.5 Å². The van der Waals surface area contributed by atoms with Gasteiger partial charge in [0.05, 0.1) is 25.2 Å². The number of hydrogen-bond acceptors (Lipinski definition) is 5. The van der Waals surface area contributed by atoms with Crippen molar-refractivity contribution in [1.29, 1.82) is 0 Å². The van der Waals surface area contributed by atoms with Crippen LogP contribution in [0.25, 0.3) is 0 Å². The third-order valence-electron chi connectivity index (χ3n) is 4.53. The van der Waals surface area contributed by atoms with Crippen LogP contribution in [-0.4, -0.2) is 50.5 Å². The number of carboxylic acids is 1. The van der Waals surface area contributed by atoms with E-state index in [9.17, 15) is 14.7 Å². The van der Waals surface area contributed by atoms with Gasteiger partial charge in [-0.05, 0) is 37.3 Å². The molecule has 7 nitrogen and oxygen atoms in total. The molecule has 0 bridgehead atoms. The van der Waals surface area contributed by atoms with Crippen molar-refractivity contribution in [3.8, 4) is 11.5 Å². The van der Waals surface area contributed by atoms with Crippen molar-refractivity contribution in [2.24, 2.45) is 11.8 Å². The average molecular weight is 365 g/mol. The molecule has 1 aromatic rings. The number of amides is 1. The maximum absolute atomic E-state index is 12.6. The summed E-state index contributed by atoms with van der Waals surface area (Å²) in [5.74, 6) is -0.833.